The van der Waals surface area contributed by atoms with Gasteiger partial charge in [0.05, 0.1) is 20.3 Å². The number of amides is 2. The van der Waals surface area contributed by atoms with Gasteiger partial charge in [-0.2, -0.15) is 0 Å². The highest BCUT2D eigenvalue weighted by Gasteiger charge is 2.19. The van der Waals surface area contributed by atoms with Crippen LogP contribution in [0.15, 0.2) is 59.6 Å². The first-order valence-electron chi connectivity index (χ1n) is 10.5. The summed E-state index contributed by atoms with van der Waals surface area (Å²) in [6.45, 7) is 6.01. The van der Waals surface area contributed by atoms with Crippen molar-refractivity contribution in [1.82, 2.24) is 10.6 Å². The van der Waals surface area contributed by atoms with Crippen molar-refractivity contribution < 1.29 is 19.1 Å². The van der Waals surface area contributed by atoms with Crippen molar-refractivity contribution in [2.24, 2.45) is 0 Å². The van der Waals surface area contributed by atoms with Crippen molar-refractivity contribution >= 4 is 29.2 Å². The summed E-state index contributed by atoms with van der Waals surface area (Å²) in [6.07, 6.45) is 1.67. The van der Waals surface area contributed by atoms with Crippen molar-refractivity contribution in [3.63, 3.8) is 0 Å². The molecule has 3 aromatic rings. The average Bonchev–Trinajstić information content (AvgIpc) is 3.32. The molecule has 1 atom stereocenters. The van der Waals surface area contributed by atoms with Crippen molar-refractivity contribution in [3.8, 4) is 11.5 Å². The molecule has 33 heavy (non-hydrogen) atoms. The summed E-state index contributed by atoms with van der Waals surface area (Å²) in [5.41, 5.74) is 3.85. The smallest absolute Gasteiger partial charge is 0.268 e. The summed E-state index contributed by atoms with van der Waals surface area (Å²) in [5, 5.41) is 7.66. The number of rotatable bonds is 8. The van der Waals surface area contributed by atoms with E-state index in [9.17, 15) is 9.59 Å². The van der Waals surface area contributed by atoms with Crippen LogP contribution in [0, 0.1) is 13.8 Å². The van der Waals surface area contributed by atoms with Gasteiger partial charge < -0.3 is 20.1 Å². The molecule has 0 aliphatic carbocycles. The van der Waals surface area contributed by atoms with Crippen LogP contribution in [0.1, 0.15) is 44.9 Å². The van der Waals surface area contributed by atoms with Crippen LogP contribution < -0.4 is 20.1 Å². The van der Waals surface area contributed by atoms with Crippen molar-refractivity contribution in [2.45, 2.75) is 26.8 Å². The van der Waals surface area contributed by atoms with E-state index in [0.717, 1.165) is 16.0 Å². The summed E-state index contributed by atoms with van der Waals surface area (Å²) in [7, 11) is 3.03. The minimum atomic E-state index is -0.423. The molecule has 0 saturated carbocycles. The number of nitrogens with one attached hydrogen (secondary N) is 2. The van der Waals surface area contributed by atoms with E-state index in [-0.39, 0.29) is 17.6 Å². The third-order valence-electron chi connectivity index (χ3n) is 5.35. The number of ether oxygens (including phenoxy) is 2. The maximum atomic E-state index is 13.2. The van der Waals surface area contributed by atoms with Gasteiger partial charge in [-0.25, -0.2) is 0 Å². The third-order valence-corrected chi connectivity index (χ3v) is 6.17. The summed E-state index contributed by atoms with van der Waals surface area (Å²) in [6, 6.07) is 14.5. The molecule has 0 saturated heterocycles. The first-order valence-corrected chi connectivity index (χ1v) is 11.4. The van der Waals surface area contributed by atoms with Crippen LogP contribution in [0.4, 0.5) is 0 Å². The second-order valence-electron chi connectivity index (χ2n) is 7.64. The van der Waals surface area contributed by atoms with Gasteiger partial charge in [0, 0.05) is 10.4 Å². The van der Waals surface area contributed by atoms with Gasteiger partial charge >= 0.3 is 0 Å². The zero-order valence-corrected chi connectivity index (χ0v) is 20.2. The molecule has 0 bridgehead atoms. The Morgan fingerprint density at radius 3 is 2.36 bits per heavy atom. The Bertz CT molecular complexity index is 1170. The molecule has 1 heterocycles. The van der Waals surface area contributed by atoms with E-state index in [1.54, 1.807) is 24.3 Å². The van der Waals surface area contributed by atoms with Gasteiger partial charge in [0.15, 0.2) is 11.5 Å². The number of hydrogen-bond acceptors (Lipinski definition) is 5. The number of methoxy groups -OCH3 is 2. The molecule has 172 valence electrons. The van der Waals surface area contributed by atoms with Gasteiger partial charge in [0.25, 0.3) is 11.8 Å². The first-order chi connectivity index (χ1) is 15.8. The summed E-state index contributed by atoms with van der Waals surface area (Å²) in [5.74, 6) is 0.154. The maximum absolute atomic E-state index is 13.2. The molecule has 0 radical (unpaired) electrons. The van der Waals surface area contributed by atoms with Crippen LogP contribution in [0.5, 0.6) is 11.5 Å². The molecule has 2 aromatic carbocycles. The predicted octanol–water partition coefficient (Wildman–Crippen LogP) is 5.03. The lowest BCUT2D eigenvalue weighted by molar-refractivity contribution is -0.118. The zero-order chi connectivity index (χ0) is 24.0. The molecule has 2 N–H and O–H groups in total. The van der Waals surface area contributed by atoms with E-state index in [1.165, 1.54) is 31.1 Å². The summed E-state index contributed by atoms with van der Waals surface area (Å²) in [4.78, 5) is 27.0. The van der Waals surface area contributed by atoms with E-state index in [2.05, 4.69) is 16.7 Å². The van der Waals surface area contributed by atoms with E-state index in [0.29, 0.717) is 17.1 Å². The molecule has 7 heteroatoms. The highest BCUT2D eigenvalue weighted by molar-refractivity contribution is 7.10. The fraction of sp³-hybridized carbons (Fsp3) is 0.231. The normalized spacial score (nSPS) is 12.1. The molecule has 0 aliphatic rings. The molecule has 0 aliphatic heterocycles. The van der Waals surface area contributed by atoms with Crippen molar-refractivity contribution in [1.29, 1.82) is 0 Å². The maximum Gasteiger partial charge on any atom is 0.268 e. The van der Waals surface area contributed by atoms with Gasteiger partial charge in [-0.15, -0.1) is 11.3 Å². The van der Waals surface area contributed by atoms with Crippen LogP contribution >= 0.6 is 11.3 Å². The van der Waals surface area contributed by atoms with Crippen molar-refractivity contribution in [2.75, 3.05) is 14.2 Å². The van der Waals surface area contributed by atoms with E-state index >= 15 is 0 Å². The number of hydrogen-bond donors (Lipinski definition) is 2. The lowest BCUT2D eigenvalue weighted by Gasteiger charge is -2.18. The topological polar surface area (TPSA) is 76.7 Å². The van der Waals surface area contributed by atoms with E-state index in [4.69, 9.17) is 9.47 Å². The molecule has 1 aromatic heterocycles. The average molecular weight is 465 g/mol. The number of carbonyl (C=O) groups excluding carboxylic acids is 2. The Kier molecular flexibility index (Phi) is 7.90. The second kappa shape index (κ2) is 10.8. The fourth-order valence-electron chi connectivity index (χ4n) is 3.24. The molecule has 3 rings (SSSR count). The predicted molar refractivity (Wildman–Crippen MR) is 132 cm³/mol. The van der Waals surface area contributed by atoms with Crippen LogP contribution in [0.3, 0.4) is 0 Å². The SMILES string of the molecule is COc1ccc(C(=O)N/C(=C\c2cccs2)C(=O)N[C@@H](C)c2ccc(C)c(C)c2)cc1OC. The molecular formula is C26H28N2O4S. The zero-order valence-electron chi connectivity index (χ0n) is 19.4. The third kappa shape index (κ3) is 6.02. The number of aryl methyl sites for hydroxylation is 2. The van der Waals surface area contributed by atoms with Crippen LogP contribution in [-0.4, -0.2) is 26.0 Å². The Balaban J connectivity index is 1.83. The lowest BCUT2D eigenvalue weighted by atomic mass is 10.0. The number of carbonyl (C=O) groups is 2. The lowest BCUT2D eigenvalue weighted by Crippen LogP contribution is -2.36. The van der Waals surface area contributed by atoms with Crippen molar-refractivity contribution in [3.05, 3.63) is 86.7 Å². The van der Waals surface area contributed by atoms with Gasteiger partial charge in [0.1, 0.15) is 5.70 Å². The molecular weight excluding hydrogens is 436 g/mol. The minimum absolute atomic E-state index is 0.160. The number of benzene rings is 2. The van der Waals surface area contributed by atoms with Gasteiger partial charge in [-0.05, 0) is 73.2 Å². The molecule has 0 unspecified atom stereocenters. The molecule has 0 fully saturated rings. The Morgan fingerprint density at radius 2 is 1.73 bits per heavy atom. The highest BCUT2D eigenvalue weighted by atomic mass is 32.1. The summed E-state index contributed by atoms with van der Waals surface area (Å²) < 4.78 is 10.5. The monoisotopic (exact) mass is 464 g/mol. The standard InChI is InChI=1S/C26H28N2O4S/c1-16-8-9-19(13-17(16)2)18(3)27-26(30)22(15-21-7-6-12-33-21)28-25(29)20-10-11-23(31-4)24(14-20)32-5/h6-15,18H,1-5H3,(H,27,30)(H,28,29)/b22-15-/t18-/m0/s1. The Morgan fingerprint density at radius 1 is 0.970 bits per heavy atom. The minimum Gasteiger partial charge on any atom is -0.493 e. The molecule has 2 amide bonds. The Labute approximate surface area is 198 Å². The first kappa shape index (κ1) is 24.1. The largest absolute Gasteiger partial charge is 0.493 e. The van der Waals surface area contributed by atoms with Gasteiger partial charge in [-0.1, -0.05) is 24.3 Å². The fourth-order valence-corrected chi connectivity index (χ4v) is 3.89. The second-order valence-corrected chi connectivity index (χ2v) is 8.62. The molecule has 6 nitrogen and oxygen atoms in total. The van der Waals surface area contributed by atoms with Gasteiger partial charge in [-0.3, -0.25) is 9.59 Å². The van der Waals surface area contributed by atoms with E-state index < -0.39 is 5.91 Å². The highest BCUT2D eigenvalue weighted by Crippen LogP contribution is 2.27. The summed E-state index contributed by atoms with van der Waals surface area (Å²) >= 11 is 1.48. The number of thiophene rings is 1. The van der Waals surface area contributed by atoms with Gasteiger partial charge in [0.2, 0.25) is 0 Å². The van der Waals surface area contributed by atoms with Crippen LogP contribution in [0.2, 0.25) is 0 Å². The van der Waals surface area contributed by atoms with Crippen LogP contribution in [0.25, 0.3) is 6.08 Å². The molecule has 0 spiro atoms. The van der Waals surface area contributed by atoms with E-state index in [1.807, 2.05) is 50.4 Å². The van der Waals surface area contributed by atoms with Crippen LogP contribution in [-0.2, 0) is 4.79 Å². The Hall–Kier alpha value is -3.58. The quantitative estimate of drug-likeness (QED) is 0.459.